The first-order valence-corrected chi connectivity index (χ1v) is 8.65. The number of carbonyl (C=O) groups excluding carboxylic acids is 1. The standard InChI is InChI=1S/C19H25FN2O3/c1-19(2,24)11-12-6-8-22(9-7-12)18(23)15-10-13-14(21-15)4-5-16(25-3)17(13)20/h4-5,10,12,21,24H,6-9,11H2,1-3H3. The molecule has 0 saturated carbocycles. The minimum absolute atomic E-state index is 0.115. The normalized spacial score (nSPS) is 16.4. The minimum Gasteiger partial charge on any atom is -0.494 e. The van der Waals surface area contributed by atoms with E-state index in [1.165, 1.54) is 7.11 Å². The smallest absolute Gasteiger partial charge is 0.270 e. The van der Waals surface area contributed by atoms with Crippen molar-refractivity contribution >= 4 is 16.8 Å². The van der Waals surface area contributed by atoms with Gasteiger partial charge < -0.3 is 19.7 Å². The molecule has 0 atom stereocenters. The Balaban J connectivity index is 1.72. The Bertz CT molecular complexity index is 771. The highest BCUT2D eigenvalue weighted by atomic mass is 19.1. The molecular weight excluding hydrogens is 323 g/mol. The molecule has 1 aromatic heterocycles. The van der Waals surface area contributed by atoms with E-state index >= 15 is 0 Å². The van der Waals surface area contributed by atoms with Crippen LogP contribution in [0.25, 0.3) is 10.9 Å². The molecule has 2 aromatic rings. The van der Waals surface area contributed by atoms with Crippen LogP contribution in [0, 0.1) is 11.7 Å². The minimum atomic E-state index is -0.676. The van der Waals surface area contributed by atoms with Crippen molar-refractivity contribution < 1.29 is 19.0 Å². The predicted octanol–water partition coefficient (Wildman–Crippen LogP) is 3.33. The second-order valence-electron chi connectivity index (χ2n) is 7.48. The summed E-state index contributed by atoms with van der Waals surface area (Å²) >= 11 is 0. The van der Waals surface area contributed by atoms with Gasteiger partial charge in [-0.2, -0.15) is 0 Å². The van der Waals surface area contributed by atoms with E-state index in [4.69, 9.17) is 4.74 Å². The summed E-state index contributed by atoms with van der Waals surface area (Å²) in [7, 11) is 1.42. The van der Waals surface area contributed by atoms with E-state index in [1.54, 1.807) is 23.1 Å². The van der Waals surface area contributed by atoms with E-state index in [1.807, 2.05) is 13.8 Å². The molecule has 1 aliphatic rings. The van der Waals surface area contributed by atoms with Crippen molar-refractivity contribution in [3.8, 4) is 5.75 Å². The van der Waals surface area contributed by atoms with Crippen molar-refractivity contribution in [2.75, 3.05) is 20.2 Å². The molecule has 1 fully saturated rings. The molecule has 2 heterocycles. The maximum atomic E-state index is 14.3. The number of hydrogen-bond acceptors (Lipinski definition) is 3. The highest BCUT2D eigenvalue weighted by Gasteiger charge is 2.28. The van der Waals surface area contributed by atoms with Crippen LogP contribution >= 0.6 is 0 Å². The Labute approximate surface area is 146 Å². The van der Waals surface area contributed by atoms with Crippen LogP contribution in [-0.4, -0.2) is 46.7 Å². The number of benzene rings is 1. The second kappa shape index (κ2) is 6.67. The molecular formula is C19H25FN2O3. The number of amides is 1. The highest BCUT2D eigenvalue weighted by Crippen LogP contribution is 2.29. The lowest BCUT2D eigenvalue weighted by molar-refractivity contribution is 0.0357. The third kappa shape index (κ3) is 3.79. The van der Waals surface area contributed by atoms with Gasteiger partial charge in [0.15, 0.2) is 11.6 Å². The van der Waals surface area contributed by atoms with Crippen LogP contribution in [0.1, 0.15) is 43.6 Å². The quantitative estimate of drug-likeness (QED) is 0.891. The van der Waals surface area contributed by atoms with Gasteiger partial charge >= 0.3 is 0 Å². The Morgan fingerprint density at radius 3 is 2.68 bits per heavy atom. The van der Waals surface area contributed by atoms with Gasteiger partial charge in [-0.25, -0.2) is 4.39 Å². The summed E-state index contributed by atoms with van der Waals surface area (Å²) in [5.74, 6) is 0.0156. The molecule has 0 unspecified atom stereocenters. The number of aliphatic hydroxyl groups is 1. The van der Waals surface area contributed by atoms with Gasteiger partial charge in [-0.05, 0) is 57.2 Å². The van der Waals surface area contributed by atoms with Crippen molar-refractivity contribution in [2.24, 2.45) is 5.92 Å². The van der Waals surface area contributed by atoms with Crippen LogP contribution in [0.3, 0.4) is 0 Å². The third-order valence-electron chi connectivity index (χ3n) is 4.84. The average Bonchev–Trinajstić information content (AvgIpc) is 2.99. The summed E-state index contributed by atoms with van der Waals surface area (Å²) in [6.07, 6.45) is 2.49. The summed E-state index contributed by atoms with van der Waals surface area (Å²) < 4.78 is 19.3. The number of H-pyrrole nitrogens is 1. The lowest BCUT2D eigenvalue weighted by Crippen LogP contribution is -2.40. The molecule has 1 saturated heterocycles. The molecule has 0 bridgehead atoms. The molecule has 1 aromatic carbocycles. The largest absolute Gasteiger partial charge is 0.494 e. The van der Waals surface area contributed by atoms with Crippen LogP contribution in [0.2, 0.25) is 0 Å². The van der Waals surface area contributed by atoms with E-state index in [-0.39, 0.29) is 11.7 Å². The maximum absolute atomic E-state index is 14.3. The number of aromatic nitrogens is 1. The molecule has 3 rings (SSSR count). The van der Waals surface area contributed by atoms with Gasteiger partial charge in [0.1, 0.15) is 5.69 Å². The Morgan fingerprint density at radius 2 is 2.08 bits per heavy atom. The molecule has 136 valence electrons. The number of halogens is 1. The number of piperidine rings is 1. The molecule has 25 heavy (non-hydrogen) atoms. The Kier molecular flexibility index (Phi) is 4.73. The number of nitrogens with zero attached hydrogens (tertiary/aromatic N) is 1. The zero-order valence-electron chi connectivity index (χ0n) is 14.9. The number of rotatable bonds is 4. The molecule has 2 N–H and O–H groups in total. The summed E-state index contributed by atoms with van der Waals surface area (Å²) in [4.78, 5) is 17.5. The van der Waals surface area contributed by atoms with E-state index in [2.05, 4.69) is 4.98 Å². The van der Waals surface area contributed by atoms with Gasteiger partial charge in [-0.3, -0.25) is 4.79 Å². The van der Waals surface area contributed by atoms with Gasteiger partial charge in [-0.15, -0.1) is 0 Å². The van der Waals surface area contributed by atoms with E-state index in [9.17, 15) is 14.3 Å². The summed E-state index contributed by atoms with van der Waals surface area (Å²) in [6.45, 7) is 4.94. The van der Waals surface area contributed by atoms with Crippen molar-refractivity contribution in [1.29, 1.82) is 0 Å². The van der Waals surface area contributed by atoms with Gasteiger partial charge in [0, 0.05) is 24.0 Å². The zero-order valence-corrected chi connectivity index (χ0v) is 14.9. The number of hydrogen-bond donors (Lipinski definition) is 2. The van der Waals surface area contributed by atoms with Crippen LogP contribution in [0.5, 0.6) is 5.75 Å². The third-order valence-corrected chi connectivity index (χ3v) is 4.84. The monoisotopic (exact) mass is 348 g/mol. The molecule has 0 aliphatic carbocycles. The molecule has 0 radical (unpaired) electrons. The first-order valence-electron chi connectivity index (χ1n) is 8.65. The van der Waals surface area contributed by atoms with Crippen LogP contribution in [-0.2, 0) is 0 Å². The van der Waals surface area contributed by atoms with Crippen molar-refractivity contribution in [1.82, 2.24) is 9.88 Å². The van der Waals surface area contributed by atoms with Gasteiger partial charge in [0.25, 0.3) is 5.91 Å². The number of fused-ring (bicyclic) bond motifs is 1. The SMILES string of the molecule is COc1ccc2[nH]c(C(=O)N3CCC(CC(C)(C)O)CC3)cc2c1F. The van der Waals surface area contributed by atoms with Crippen molar-refractivity contribution in [3.63, 3.8) is 0 Å². The first-order chi connectivity index (χ1) is 11.8. The Hall–Kier alpha value is -2.08. The first kappa shape index (κ1) is 17.7. The number of ether oxygens (including phenoxy) is 1. The van der Waals surface area contributed by atoms with E-state index < -0.39 is 11.4 Å². The van der Waals surface area contributed by atoms with Crippen LogP contribution in [0.15, 0.2) is 18.2 Å². The second-order valence-corrected chi connectivity index (χ2v) is 7.48. The lowest BCUT2D eigenvalue weighted by Gasteiger charge is -2.34. The fraction of sp³-hybridized carbons (Fsp3) is 0.526. The van der Waals surface area contributed by atoms with Gasteiger partial charge in [-0.1, -0.05) is 0 Å². The number of aromatic amines is 1. The number of nitrogens with one attached hydrogen (secondary N) is 1. The van der Waals surface area contributed by atoms with E-state index in [0.29, 0.717) is 35.6 Å². The van der Waals surface area contributed by atoms with Gasteiger partial charge in [0.05, 0.1) is 12.7 Å². The summed E-state index contributed by atoms with van der Waals surface area (Å²) in [5.41, 5.74) is 0.298. The molecule has 5 nitrogen and oxygen atoms in total. The van der Waals surface area contributed by atoms with Crippen molar-refractivity contribution in [2.45, 2.75) is 38.7 Å². The molecule has 1 aliphatic heterocycles. The van der Waals surface area contributed by atoms with Gasteiger partial charge in [0.2, 0.25) is 0 Å². The topological polar surface area (TPSA) is 65.6 Å². The van der Waals surface area contributed by atoms with E-state index in [0.717, 1.165) is 19.3 Å². The summed E-state index contributed by atoms with van der Waals surface area (Å²) in [5, 5.41) is 10.3. The number of carbonyl (C=O) groups is 1. The number of methoxy groups -OCH3 is 1. The lowest BCUT2D eigenvalue weighted by atomic mass is 9.86. The van der Waals surface area contributed by atoms with Crippen molar-refractivity contribution in [3.05, 3.63) is 29.7 Å². The number of likely N-dealkylation sites (tertiary alicyclic amines) is 1. The van der Waals surface area contributed by atoms with Crippen LogP contribution in [0.4, 0.5) is 4.39 Å². The molecule has 1 amide bonds. The predicted molar refractivity (Wildman–Crippen MR) is 94.4 cm³/mol. The average molecular weight is 348 g/mol. The fourth-order valence-corrected chi connectivity index (χ4v) is 3.64. The fourth-order valence-electron chi connectivity index (χ4n) is 3.64. The highest BCUT2D eigenvalue weighted by molar-refractivity contribution is 5.98. The zero-order chi connectivity index (χ0) is 18.2. The molecule has 0 spiro atoms. The maximum Gasteiger partial charge on any atom is 0.270 e. The Morgan fingerprint density at radius 1 is 1.40 bits per heavy atom. The van der Waals surface area contributed by atoms with Crippen LogP contribution < -0.4 is 4.74 Å². The molecule has 6 heteroatoms. The summed E-state index contributed by atoms with van der Waals surface area (Å²) in [6, 6.07) is 4.81.